The predicted molar refractivity (Wildman–Crippen MR) is 79.5 cm³/mol. The third-order valence-electron chi connectivity index (χ3n) is 4.49. The molecule has 1 aromatic heterocycles. The molecule has 0 bridgehead atoms. The van der Waals surface area contributed by atoms with Crippen molar-refractivity contribution in [2.45, 2.75) is 39.2 Å². The van der Waals surface area contributed by atoms with Gasteiger partial charge in [0, 0.05) is 13.0 Å². The minimum absolute atomic E-state index is 0.279. The van der Waals surface area contributed by atoms with E-state index in [-0.39, 0.29) is 5.41 Å². The normalized spacial score (nSPS) is 17.6. The van der Waals surface area contributed by atoms with Crippen molar-refractivity contribution < 1.29 is 0 Å². The van der Waals surface area contributed by atoms with Gasteiger partial charge in [-0.2, -0.15) is 0 Å². The minimum Gasteiger partial charge on any atom is -0.330 e. The van der Waals surface area contributed by atoms with Gasteiger partial charge in [0.15, 0.2) is 0 Å². The molecule has 1 saturated carbocycles. The largest absolute Gasteiger partial charge is 0.330 e. The number of rotatable bonds is 4. The number of benzene rings is 1. The second-order valence-electron chi connectivity index (χ2n) is 5.61. The Morgan fingerprint density at radius 3 is 2.79 bits per heavy atom. The van der Waals surface area contributed by atoms with Crippen LogP contribution in [-0.4, -0.2) is 16.1 Å². The molecule has 0 saturated heterocycles. The Balaban J connectivity index is 2.06. The summed E-state index contributed by atoms with van der Waals surface area (Å²) in [6.45, 7) is 3.80. The first-order chi connectivity index (χ1) is 9.19. The molecule has 19 heavy (non-hydrogen) atoms. The van der Waals surface area contributed by atoms with Crippen molar-refractivity contribution in [3.63, 3.8) is 0 Å². The SMILES string of the molecule is CCn1c(CC2(CN)CCC2)nc2cccc(Cl)c21. The molecule has 1 fully saturated rings. The fourth-order valence-electron chi connectivity index (χ4n) is 3.13. The van der Waals surface area contributed by atoms with Crippen LogP contribution in [0.1, 0.15) is 32.0 Å². The number of nitrogens with zero attached hydrogens (tertiary/aromatic N) is 2. The third-order valence-corrected chi connectivity index (χ3v) is 4.80. The maximum Gasteiger partial charge on any atom is 0.110 e. The van der Waals surface area contributed by atoms with Crippen LogP contribution in [0.4, 0.5) is 0 Å². The van der Waals surface area contributed by atoms with Crippen LogP contribution in [0.5, 0.6) is 0 Å². The number of nitrogens with two attached hydrogens (primary N) is 1. The summed E-state index contributed by atoms with van der Waals surface area (Å²) in [5.74, 6) is 1.13. The van der Waals surface area contributed by atoms with Crippen LogP contribution in [0.2, 0.25) is 5.02 Å². The van der Waals surface area contributed by atoms with Crippen LogP contribution in [0.15, 0.2) is 18.2 Å². The minimum atomic E-state index is 0.279. The molecule has 1 aromatic carbocycles. The summed E-state index contributed by atoms with van der Waals surface area (Å²) in [5.41, 5.74) is 8.31. The summed E-state index contributed by atoms with van der Waals surface area (Å²) in [7, 11) is 0. The van der Waals surface area contributed by atoms with Gasteiger partial charge in [0.05, 0.1) is 16.1 Å². The van der Waals surface area contributed by atoms with Gasteiger partial charge in [0.1, 0.15) is 5.82 Å². The molecule has 0 radical (unpaired) electrons. The quantitative estimate of drug-likeness (QED) is 0.931. The van der Waals surface area contributed by atoms with E-state index in [9.17, 15) is 0 Å². The first kappa shape index (κ1) is 12.9. The van der Waals surface area contributed by atoms with Gasteiger partial charge in [-0.25, -0.2) is 4.98 Å². The van der Waals surface area contributed by atoms with E-state index in [1.807, 2.05) is 18.2 Å². The van der Waals surface area contributed by atoms with Crippen molar-refractivity contribution in [2.24, 2.45) is 11.1 Å². The number of imidazole rings is 1. The Labute approximate surface area is 118 Å². The lowest BCUT2D eigenvalue weighted by Crippen LogP contribution is -2.39. The monoisotopic (exact) mass is 277 g/mol. The molecule has 0 spiro atoms. The fraction of sp³-hybridized carbons (Fsp3) is 0.533. The van der Waals surface area contributed by atoms with Crippen LogP contribution in [0.25, 0.3) is 11.0 Å². The van der Waals surface area contributed by atoms with E-state index in [4.69, 9.17) is 22.3 Å². The summed E-state index contributed by atoms with van der Waals surface area (Å²) in [5, 5.41) is 0.786. The first-order valence-corrected chi connectivity index (χ1v) is 7.40. The van der Waals surface area contributed by atoms with Crippen molar-refractivity contribution in [3.8, 4) is 0 Å². The molecule has 4 heteroatoms. The molecule has 2 aromatic rings. The Bertz CT molecular complexity index is 593. The van der Waals surface area contributed by atoms with Crippen LogP contribution < -0.4 is 5.73 Å². The number of halogens is 1. The maximum atomic E-state index is 6.32. The third kappa shape index (κ3) is 2.05. The van der Waals surface area contributed by atoms with Gasteiger partial charge < -0.3 is 10.3 Å². The van der Waals surface area contributed by atoms with E-state index in [0.717, 1.165) is 41.4 Å². The number of hydrogen-bond donors (Lipinski definition) is 1. The van der Waals surface area contributed by atoms with Gasteiger partial charge in [0.2, 0.25) is 0 Å². The van der Waals surface area contributed by atoms with Crippen LogP contribution in [-0.2, 0) is 13.0 Å². The smallest absolute Gasteiger partial charge is 0.110 e. The predicted octanol–water partition coefficient (Wildman–Crippen LogP) is 3.38. The van der Waals surface area contributed by atoms with Crippen molar-refractivity contribution in [1.82, 2.24) is 9.55 Å². The molecule has 2 N–H and O–H groups in total. The molecule has 0 atom stereocenters. The Kier molecular flexibility index (Phi) is 3.27. The molecule has 1 heterocycles. The van der Waals surface area contributed by atoms with Crippen LogP contribution in [0.3, 0.4) is 0 Å². The summed E-state index contributed by atoms with van der Waals surface area (Å²) in [4.78, 5) is 4.78. The van der Waals surface area contributed by atoms with E-state index >= 15 is 0 Å². The summed E-state index contributed by atoms with van der Waals surface area (Å²) in [6.07, 6.45) is 4.72. The lowest BCUT2D eigenvalue weighted by molar-refractivity contribution is 0.140. The standard InChI is InChI=1S/C15H20ClN3/c1-2-19-13(9-15(10-17)7-4-8-15)18-12-6-3-5-11(16)14(12)19/h3,5-6H,2,4,7-10,17H2,1H3. The molecular formula is C15H20ClN3. The van der Waals surface area contributed by atoms with Gasteiger partial charge in [0.25, 0.3) is 0 Å². The summed E-state index contributed by atoms with van der Waals surface area (Å²) < 4.78 is 2.24. The number of hydrogen-bond acceptors (Lipinski definition) is 2. The van der Waals surface area contributed by atoms with Gasteiger partial charge in [-0.1, -0.05) is 24.1 Å². The Hall–Kier alpha value is -1.06. The van der Waals surface area contributed by atoms with E-state index in [2.05, 4.69) is 11.5 Å². The Morgan fingerprint density at radius 1 is 1.42 bits per heavy atom. The average molecular weight is 278 g/mol. The van der Waals surface area contributed by atoms with Gasteiger partial charge in [-0.05, 0) is 43.9 Å². The van der Waals surface area contributed by atoms with E-state index < -0.39 is 0 Å². The highest BCUT2D eigenvalue weighted by molar-refractivity contribution is 6.35. The zero-order chi connectivity index (χ0) is 13.5. The highest BCUT2D eigenvalue weighted by Gasteiger charge is 2.37. The number of para-hydroxylation sites is 1. The van der Waals surface area contributed by atoms with Crippen LogP contribution in [0, 0.1) is 5.41 Å². The zero-order valence-electron chi connectivity index (χ0n) is 11.3. The van der Waals surface area contributed by atoms with Gasteiger partial charge >= 0.3 is 0 Å². The zero-order valence-corrected chi connectivity index (χ0v) is 12.1. The van der Waals surface area contributed by atoms with E-state index in [1.165, 1.54) is 19.3 Å². The van der Waals surface area contributed by atoms with Crippen molar-refractivity contribution in [2.75, 3.05) is 6.54 Å². The lowest BCUT2D eigenvalue weighted by atomic mass is 9.66. The van der Waals surface area contributed by atoms with Gasteiger partial charge in [-0.15, -0.1) is 0 Å². The fourth-order valence-corrected chi connectivity index (χ4v) is 3.40. The lowest BCUT2D eigenvalue weighted by Gasteiger charge is -2.40. The Morgan fingerprint density at radius 2 is 2.21 bits per heavy atom. The topological polar surface area (TPSA) is 43.8 Å². The highest BCUT2D eigenvalue weighted by atomic mass is 35.5. The number of aromatic nitrogens is 2. The molecule has 0 unspecified atom stereocenters. The first-order valence-electron chi connectivity index (χ1n) is 7.03. The maximum absolute atomic E-state index is 6.32. The molecule has 102 valence electrons. The summed E-state index contributed by atoms with van der Waals surface area (Å²) in [6, 6.07) is 5.93. The second kappa shape index (κ2) is 4.80. The van der Waals surface area contributed by atoms with Crippen molar-refractivity contribution in [3.05, 3.63) is 29.0 Å². The molecule has 3 nitrogen and oxygen atoms in total. The van der Waals surface area contributed by atoms with Crippen LogP contribution >= 0.6 is 11.6 Å². The van der Waals surface area contributed by atoms with Gasteiger partial charge in [-0.3, -0.25) is 0 Å². The highest BCUT2D eigenvalue weighted by Crippen LogP contribution is 2.43. The molecular weight excluding hydrogens is 258 g/mol. The molecule has 0 aliphatic heterocycles. The number of fused-ring (bicyclic) bond motifs is 1. The van der Waals surface area contributed by atoms with E-state index in [1.54, 1.807) is 0 Å². The molecule has 1 aliphatic rings. The average Bonchev–Trinajstić information content (AvgIpc) is 2.72. The molecule has 1 aliphatic carbocycles. The van der Waals surface area contributed by atoms with Crippen molar-refractivity contribution in [1.29, 1.82) is 0 Å². The van der Waals surface area contributed by atoms with Crippen molar-refractivity contribution >= 4 is 22.6 Å². The molecule has 3 rings (SSSR count). The second-order valence-corrected chi connectivity index (χ2v) is 6.02. The summed E-state index contributed by atoms with van der Waals surface area (Å²) >= 11 is 6.32. The van der Waals surface area contributed by atoms with E-state index in [0.29, 0.717) is 0 Å². The number of aryl methyl sites for hydroxylation is 1. The molecule has 0 amide bonds.